The fraction of sp³-hybridized carbons (Fsp3) is 0. The van der Waals surface area contributed by atoms with Crippen molar-refractivity contribution in [2.24, 2.45) is 10.3 Å². The Hall–Kier alpha value is -1.00. The van der Waals surface area contributed by atoms with Gasteiger partial charge in [0.25, 0.3) is 0 Å². The van der Waals surface area contributed by atoms with Gasteiger partial charge in [-0.15, -0.1) is 5.11 Å². The summed E-state index contributed by atoms with van der Waals surface area (Å²) in [7, 11) is 0. The maximum atomic E-state index is 5.67. The Morgan fingerprint density at radius 1 is 1.33 bits per heavy atom. The molecule has 0 aromatic heterocycles. The zero-order valence-corrected chi connectivity index (χ0v) is 7.64. The van der Waals surface area contributed by atoms with Gasteiger partial charge in [0, 0.05) is 5.02 Å². The number of nitrogens with zero attached hydrogens (tertiary/aromatic N) is 2. The molecule has 0 aliphatic heterocycles. The van der Waals surface area contributed by atoms with Crippen LogP contribution in [-0.4, -0.2) is 5.49 Å². The second-order valence-electron chi connectivity index (χ2n) is 1.94. The largest absolute Gasteiger partial charge is 0.260 e. The molecule has 0 spiro atoms. The van der Waals surface area contributed by atoms with Crippen LogP contribution < -0.4 is 5.43 Å². The summed E-state index contributed by atoms with van der Waals surface area (Å²) in [5.41, 5.74) is 4.68. The Morgan fingerprint density at radius 2 is 2.00 bits per heavy atom. The predicted molar refractivity (Wildman–Crippen MR) is 53.6 cm³/mol. The molecule has 62 valence electrons. The lowest BCUT2D eigenvalue weighted by molar-refractivity contribution is 1.18. The summed E-state index contributed by atoms with van der Waals surface area (Å²) in [4.78, 5) is 0. The van der Waals surface area contributed by atoms with E-state index in [-0.39, 0.29) is 0 Å². The first-order valence-corrected chi connectivity index (χ1v) is 4.03. The highest BCUT2D eigenvalue weighted by atomic mass is 35.5. The topological polar surface area (TPSA) is 36.8 Å². The molecule has 0 heterocycles. The van der Waals surface area contributed by atoms with Crippen LogP contribution in [0.15, 0.2) is 34.6 Å². The number of nitrogens with one attached hydrogen (secondary N) is 1. The zero-order valence-electron chi connectivity index (χ0n) is 6.07. The second kappa shape index (κ2) is 4.79. The van der Waals surface area contributed by atoms with Crippen molar-refractivity contribution in [1.82, 2.24) is 0 Å². The van der Waals surface area contributed by atoms with Gasteiger partial charge in [0.2, 0.25) is 0 Å². The quantitative estimate of drug-likeness (QED) is 0.462. The van der Waals surface area contributed by atoms with E-state index in [1.54, 1.807) is 24.3 Å². The molecule has 1 aromatic rings. The Balaban J connectivity index is 2.58. The van der Waals surface area contributed by atoms with Crippen LogP contribution in [-0.2, 0) is 0 Å². The molecule has 0 amide bonds. The van der Waals surface area contributed by atoms with Crippen LogP contribution >= 0.6 is 23.8 Å². The first kappa shape index (κ1) is 9.09. The number of thiocarbonyl (C=S) groups is 1. The highest BCUT2D eigenvalue weighted by molar-refractivity contribution is 7.78. The van der Waals surface area contributed by atoms with Gasteiger partial charge in [0.15, 0.2) is 0 Å². The molecule has 12 heavy (non-hydrogen) atoms. The molecule has 0 aliphatic rings. The van der Waals surface area contributed by atoms with E-state index >= 15 is 0 Å². The van der Waals surface area contributed by atoms with Gasteiger partial charge in [-0.3, -0.25) is 5.43 Å². The van der Waals surface area contributed by atoms with E-state index < -0.39 is 0 Å². The van der Waals surface area contributed by atoms with Crippen LogP contribution in [0, 0.1) is 0 Å². The molecule has 0 fully saturated rings. The van der Waals surface area contributed by atoms with Crippen molar-refractivity contribution in [2.45, 2.75) is 0 Å². The van der Waals surface area contributed by atoms with Crippen molar-refractivity contribution in [2.75, 3.05) is 5.43 Å². The van der Waals surface area contributed by atoms with E-state index in [1.807, 2.05) is 0 Å². The average Bonchev–Trinajstić information content (AvgIpc) is 2.09. The molecule has 1 aromatic carbocycles. The molecule has 0 aliphatic carbocycles. The molecule has 0 bridgehead atoms. The van der Waals surface area contributed by atoms with Gasteiger partial charge in [-0.25, -0.2) is 0 Å². The summed E-state index contributed by atoms with van der Waals surface area (Å²) in [6.45, 7) is 0. The Morgan fingerprint density at radius 3 is 2.58 bits per heavy atom. The third-order valence-electron chi connectivity index (χ3n) is 1.13. The lowest BCUT2D eigenvalue weighted by Crippen LogP contribution is -1.84. The van der Waals surface area contributed by atoms with Crippen LogP contribution in [0.2, 0.25) is 5.02 Å². The van der Waals surface area contributed by atoms with Crippen molar-refractivity contribution in [1.29, 1.82) is 0 Å². The van der Waals surface area contributed by atoms with Crippen LogP contribution in [0.4, 0.5) is 5.69 Å². The van der Waals surface area contributed by atoms with Crippen molar-refractivity contribution < 1.29 is 0 Å². The standard InChI is InChI=1S/C7H6ClN3S/c8-6-1-3-7(4-2-6)10-11-9-5-12/h1-5H,(H,9,10,12). The number of benzene rings is 1. The number of hydrogen-bond donors (Lipinski definition) is 1. The van der Waals surface area contributed by atoms with E-state index in [9.17, 15) is 0 Å². The Kier molecular flexibility index (Phi) is 3.63. The van der Waals surface area contributed by atoms with Gasteiger partial charge < -0.3 is 0 Å². The summed E-state index contributed by atoms with van der Waals surface area (Å²) in [6.07, 6.45) is 0. The minimum atomic E-state index is 0.687. The molecule has 3 nitrogen and oxygen atoms in total. The molecule has 0 atom stereocenters. The fourth-order valence-electron chi connectivity index (χ4n) is 0.635. The number of hydrogen-bond acceptors (Lipinski definition) is 2. The monoisotopic (exact) mass is 199 g/mol. The molecule has 1 N–H and O–H groups in total. The van der Waals surface area contributed by atoms with Crippen LogP contribution in [0.3, 0.4) is 0 Å². The molecular formula is C7H6ClN3S. The summed E-state index contributed by atoms with van der Waals surface area (Å²) >= 11 is 10.1. The Bertz CT molecular complexity index is 283. The SMILES string of the molecule is S=CN=NNc1ccc(Cl)cc1. The number of anilines is 1. The maximum Gasteiger partial charge on any atom is 0.114 e. The molecular weight excluding hydrogens is 194 g/mol. The predicted octanol–water partition coefficient (Wildman–Crippen LogP) is 3.08. The van der Waals surface area contributed by atoms with Gasteiger partial charge in [-0.1, -0.05) is 29.0 Å². The van der Waals surface area contributed by atoms with E-state index in [2.05, 4.69) is 28.0 Å². The minimum Gasteiger partial charge on any atom is -0.260 e. The molecule has 0 unspecified atom stereocenters. The first-order valence-electron chi connectivity index (χ1n) is 3.18. The second-order valence-corrected chi connectivity index (χ2v) is 2.59. The molecule has 5 heteroatoms. The smallest absolute Gasteiger partial charge is 0.114 e. The summed E-state index contributed by atoms with van der Waals surface area (Å²) in [5.74, 6) is 0. The molecule has 0 saturated heterocycles. The Labute approximate surface area is 80.4 Å². The van der Waals surface area contributed by atoms with Gasteiger partial charge in [0.05, 0.1) is 5.69 Å². The van der Waals surface area contributed by atoms with Crippen LogP contribution in [0.5, 0.6) is 0 Å². The third kappa shape index (κ3) is 2.94. The number of rotatable bonds is 3. The summed E-state index contributed by atoms with van der Waals surface area (Å²) in [6, 6.07) is 7.11. The maximum absolute atomic E-state index is 5.67. The van der Waals surface area contributed by atoms with Gasteiger partial charge in [0.1, 0.15) is 5.49 Å². The lowest BCUT2D eigenvalue weighted by atomic mass is 10.3. The van der Waals surface area contributed by atoms with E-state index in [0.717, 1.165) is 5.69 Å². The average molecular weight is 200 g/mol. The van der Waals surface area contributed by atoms with Crippen molar-refractivity contribution in [3.8, 4) is 0 Å². The van der Waals surface area contributed by atoms with Gasteiger partial charge in [-0.2, -0.15) is 0 Å². The first-order chi connectivity index (χ1) is 5.83. The lowest BCUT2D eigenvalue weighted by Gasteiger charge is -1.96. The van der Waals surface area contributed by atoms with Crippen LogP contribution in [0.25, 0.3) is 0 Å². The molecule has 0 saturated carbocycles. The van der Waals surface area contributed by atoms with Crippen LogP contribution in [0.1, 0.15) is 0 Å². The van der Waals surface area contributed by atoms with Gasteiger partial charge in [-0.05, 0) is 24.3 Å². The van der Waals surface area contributed by atoms with E-state index in [4.69, 9.17) is 11.6 Å². The number of halogens is 1. The fourth-order valence-corrected chi connectivity index (χ4v) is 0.808. The highest BCUT2D eigenvalue weighted by Gasteiger charge is 1.88. The highest BCUT2D eigenvalue weighted by Crippen LogP contribution is 2.12. The van der Waals surface area contributed by atoms with E-state index in [1.165, 1.54) is 5.49 Å². The normalized spacial score (nSPS) is 10.1. The molecule has 1 rings (SSSR count). The molecule has 0 radical (unpaired) electrons. The zero-order chi connectivity index (χ0) is 8.81. The van der Waals surface area contributed by atoms with Crippen molar-refractivity contribution >= 4 is 35.0 Å². The van der Waals surface area contributed by atoms with Crippen molar-refractivity contribution in [3.05, 3.63) is 29.3 Å². The minimum absolute atomic E-state index is 0.687. The summed E-state index contributed by atoms with van der Waals surface area (Å²) in [5, 5.41) is 7.71. The van der Waals surface area contributed by atoms with Crippen molar-refractivity contribution in [3.63, 3.8) is 0 Å². The van der Waals surface area contributed by atoms with E-state index in [0.29, 0.717) is 5.02 Å². The third-order valence-corrected chi connectivity index (χ3v) is 1.47. The van der Waals surface area contributed by atoms with Gasteiger partial charge >= 0.3 is 0 Å². The summed E-state index contributed by atoms with van der Waals surface area (Å²) < 4.78 is 0.